The van der Waals surface area contributed by atoms with Gasteiger partial charge < -0.3 is 19.7 Å². The molecule has 0 amide bonds. The summed E-state index contributed by atoms with van der Waals surface area (Å²) in [7, 11) is 3.64. The fraction of sp³-hybridized carbons (Fsp3) is 0.310. The molecule has 0 atom stereocenters. The molecule has 1 aliphatic heterocycles. The third kappa shape index (κ3) is 5.11. The molecule has 7 heteroatoms. The number of hydrogen-bond donors (Lipinski definition) is 1. The van der Waals surface area contributed by atoms with Gasteiger partial charge in [0.2, 0.25) is 5.95 Å². The highest BCUT2D eigenvalue weighted by Crippen LogP contribution is 2.36. The van der Waals surface area contributed by atoms with Crippen molar-refractivity contribution in [3.05, 3.63) is 89.7 Å². The fourth-order valence-electron chi connectivity index (χ4n) is 4.83. The van der Waals surface area contributed by atoms with E-state index in [1.165, 1.54) is 17.7 Å². The van der Waals surface area contributed by atoms with Crippen LogP contribution in [-0.2, 0) is 16.7 Å². The number of hydrogen-bond acceptors (Lipinski definition) is 6. The number of aromatic nitrogens is 2. The van der Waals surface area contributed by atoms with Crippen molar-refractivity contribution in [2.45, 2.75) is 24.8 Å². The highest BCUT2D eigenvalue weighted by molar-refractivity contribution is 5.90. The number of methoxy groups -OCH3 is 1. The number of anilines is 2. The maximum Gasteiger partial charge on any atom is 0.227 e. The van der Waals surface area contributed by atoms with Crippen LogP contribution in [0, 0.1) is 5.82 Å². The Hall–Kier alpha value is -3.71. The van der Waals surface area contributed by atoms with E-state index in [2.05, 4.69) is 17.4 Å². The van der Waals surface area contributed by atoms with Crippen LogP contribution < -0.4 is 15.0 Å². The second-order valence-corrected chi connectivity index (χ2v) is 9.35. The van der Waals surface area contributed by atoms with Crippen molar-refractivity contribution in [3.8, 4) is 5.75 Å². The van der Waals surface area contributed by atoms with Gasteiger partial charge in [0.1, 0.15) is 17.4 Å². The van der Waals surface area contributed by atoms with Crippen LogP contribution in [-0.4, -0.2) is 43.9 Å². The lowest BCUT2D eigenvalue weighted by molar-refractivity contribution is 0.0543. The van der Waals surface area contributed by atoms with Crippen molar-refractivity contribution >= 4 is 22.7 Å². The van der Waals surface area contributed by atoms with Gasteiger partial charge in [-0.1, -0.05) is 36.4 Å². The molecule has 1 aromatic heterocycles. The van der Waals surface area contributed by atoms with E-state index in [0.29, 0.717) is 12.5 Å². The van der Waals surface area contributed by atoms with Crippen molar-refractivity contribution < 1.29 is 13.9 Å². The number of fused-ring (bicyclic) bond motifs is 1. The van der Waals surface area contributed by atoms with Crippen molar-refractivity contribution in [2.75, 3.05) is 44.1 Å². The lowest BCUT2D eigenvalue weighted by Crippen LogP contribution is -2.40. The van der Waals surface area contributed by atoms with Gasteiger partial charge in [-0.2, -0.15) is 4.98 Å². The summed E-state index contributed by atoms with van der Waals surface area (Å²) in [6, 6.07) is 22.9. The molecule has 0 saturated carbocycles. The first-order chi connectivity index (χ1) is 17.6. The monoisotopic (exact) mass is 486 g/mol. The Morgan fingerprint density at radius 2 is 1.69 bits per heavy atom. The second kappa shape index (κ2) is 10.5. The van der Waals surface area contributed by atoms with E-state index in [9.17, 15) is 4.39 Å². The Morgan fingerprint density at radius 1 is 0.972 bits per heavy atom. The number of benzene rings is 3. The average Bonchev–Trinajstić information content (AvgIpc) is 2.93. The van der Waals surface area contributed by atoms with Crippen LogP contribution in [0.15, 0.2) is 72.8 Å². The summed E-state index contributed by atoms with van der Waals surface area (Å²) in [6.07, 6.45) is 1.85. The summed E-state index contributed by atoms with van der Waals surface area (Å²) >= 11 is 0. The number of nitrogens with zero attached hydrogens (tertiary/aromatic N) is 3. The molecule has 2 heterocycles. The Kier molecular flexibility index (Phi) is 7.00. The van der Waals surface area contributed by atoms with E-state index in [-0.39, 0.29) is 11.2 Å². The fourth-order valence-corrected chi connectivity index (χ4v) is 4.83. The van der Waals surface area contributed by atoms with Crippen LogP contribution >= 0.6 is 0 Å². The van der Waals surface area contributed by atoms with Crippen molar-refractivity contribution in [1.82, 2.24) is 9.97 Å². The lowest BCUT2D eigenvalue weighted by Gasteiger charge is -2.38. The van der Waals surface area contributed by atoms with Gasteiger partial charge in [0, 0.05) is 44.2 Å². The number of ether oxygens (including phenoxy) is 2. The molecule has 0 radical (unpaired) electrons. The average molecular weight is 487 g/mol. The van der Waals surface area contributed by atoms with Gasteiger partial charge in [-0.15, -0.1) is 0 Å². The van der Waals surface area contributed by atoms with E-state index in [1.54, 1.807) is 19.2 Å². The molecule has 0 unspecified atom stereocenters. The number of para-hydroxylation sites is 1. The lowest BCUT2D eigenvalue weighted by atomic mass is 9.74. The molecule has 6 nitrogen and oxygen atoms in total. The summed E-state index contributed by atoms with van der Waals surface area (Å²) in [5, 5.41) is 4.66. The normalized spacial score (nSPS) is 15.0. The van der Waals surface area contributed by atoms with Crippen LogP contribution in [0.1, 0.15) is 24.0 Å². The molecule has 5 rings (SSSR count). The summed E-state index contributed by atoms with van der Waals surface area (Å²) in [5.74, 6) is 2.03. The molecule has 36 heavy (non-hydrogen) atoms. The minimum absolute atomic E-state index is 0.0727. The highest BCUT2D eigenvalue weighted by atomic mass is 19.1. The second-order valence-electron chi connectivity index (χ2n) is 9.35. The van der Waals surface area contributed by atoms with E-state index < -0.39 is 0 Å². The number of nitrogens with one attached hydrogen (secondary N) is 1. The van der Waals surface area contributed by atoms with E-state index in [0.717, 1.165) is 60.6 Å². The first-order valence-corrected chi connectivity index (χ1v) is 12.2. The Morgan fingerprint density at radius 3 is 2.42 bits per heavy atom. The topological polar surface area (TPSA) is 59.5 Å². The molecule has 1 saturated heterocycles. The van der Waals surface area contributed by atoms with Crippen molar-refractivity contribution in [1.29, 1.82) is 0 Å². The summed E-state index contributed by atoms with van der Waals surface area (Å²) in [4.78, 5) is 11.7. The molecule has 3 aromatic carbocycles. The van der Waals surface area contributed by atoms with Crippen LogP contribution in [0.2, 0.25) is 0 Å². The minimum Gasteiger partial charge on any atom is -0.497 e. The van der Waals surface area contributed by atoms with Crippen LogP contribution in [0.4, 0.5) is 16.2 Å². The van der Waals surface area contributed by atoms with Crippen molar-refractivity contribution in [2.24, 2.45) is 0 Å². The largest absolute Gasteiger partial charge is 0.497 e. The Bertz CT molecular complexity index is 1310. The van der Waals surface area contributed by atoms with E-state index in [1.807, 2.05) is 48.3 Å². The zero-order chi connectivity index (χ0) is 25.0. The Labute approximate surface area is 211 Å². The van der Waals surface area contributed by atoms with Gasteiger partial charge in [0.05, 0.1) is 12.6 Å². The Balaban J connectivity index is 1.44. The van der Waals surface area contributed by atoms with Crippen LogP contribution in [0.5, 0.6) is 5.75 Å². The molecule has 1 fully saturated rings. The molecular formula is C29H31FN4O2. The molecular weight excluding hydrogens is 455 g/mol. The van der Waals surface area contributed by atoms with Gasteiger partial charge in [-0.05, 0) is 60.4 Å². The quantitative estimate of drug-likeness (QED) is 0.351. The molecule has 4 aromatic rings. The van der Waals surface area contributed by atoms with E-state index in [4.69, 9.17) is 19.4 Å². The first-order valence-electron chi connectivity index (χ1n) is 12.2. The third-order valence-electron chi connectivity index (χ3n) is 7.01. The highest BCUT2D eigenvalue weighted by Gasteiger charge is 2.34. The summed E-state index contributed by atoms with van der Waals surface area (Å²) < 4.78 is 24.4. The predicted molar refractivity (Wildman–Crippen MR) is 141 cm³/mol. The van der Waals surface area contributed by atoms with Gasteiger partial charge in [-0.25, -0.2) is 9.37 Å². The SMILES string of the molecule is COc1ccc(C2(CNc3nc(N(C)Cc4ccc(F)cc4)nc4ccccc34)CCOCC2)cc1. The molecule has 186 valence electrons. The molecule has 0 bridgehead atoms. The van der Waals surface area contributed by atoms with Gasteiger partial charge in [0.15, 0.2) is 0 Å². The summed E-state index contributed by atoms with van der Waals surface area (Å²) in [6.45, 7) is 2.75. The van der Waals surface area contributed by atoms with Crippen LogP contribution in [0.25, 0.3) is 10.9 Å². The van der Waals surface area contributed by atoms with Gasteiger partial charge in [0.25, 0.3) is 0 Å². The summed E-state index contributed by atoms with van der Waals surface area (Å²) in [5.41, 5.74) is 3.06. The number of halogens is 1. The molecule has 1 N–H and O–H groups in total. The zero-order valence-electron chi connectivity index (χ0n) is 20.7. The molecule has 0 aliphatic carbocycles. The first kappa shape index (κ1) is 24.0. The van der Waals surface area contributed by atoms with Gasteiger partial charge in [-0.3, -0.25) is 0 Å². The van der Waals surface area contributed by atoms with Crippen LogP contribution in [0.3, 0.4) is 0 Å². The standard InChI is InChI=1S/C29H31FN4O2/c1-34(19-21-7-11-23(30)12-8-21)28-32-26-6-4-3-5-25(26)27(33-28)31-20-29(15-17-36-18-16-29)22-9-13-24(35-2)14-10-22/h3-14H,15-20H2,1-2H3,(H,31,32,33). The molecule has 0 spiro atoms. The smallest absolute Gasteiger partial charge is 0.227 e. The van der Waals surface area contributed by atoms with E-state index >= 15 is 0 Å². The van der Waals surface area contributed by atoms with Gasteiger partial charge >= 0.3 is 0 Å². The zero-order valence-corrected chi connectivity index (χ0v) is 20.7. The number of rotatable bonds is 8. The third-order valence-corrected chi connectivity index (χ3v) is 7.01. The predicted octanol–water partition coefficient (Wildman–Crippen LogP) is 5.57. The van der Waals surface area contributed by atoms with Crippen molar-refractivity contribution in [3.63, 3.8) is 0 Å². The maximum atomic E-state index is 13.3. The maximum absolute atomic E-state index is 13.3. The minimum atomic E-state index is -0.242. The molecule has 1 aliphatic rings.